The van der Waals surface area contributed by atoms with Crippen LogP contribution in [0.1, 0.15) is 20.3 Å². The first-order chi connectivity index (χ1) is 8.21. The maximum Gasteiger partial charge on any atom is 0.241 e. The molecule has 0 bridgehead atoms. The lowest BCUT2D eigenvalue weighted by Gasteiger charge is -2.27. The van der Waals surface area contributed by atoms with Gasteiger partial charge in [0.1, 0.15) is 0 Å². The molecule has 0 amide bonds. The van der Waals surface area contributed by atoms with Gasteiger partial charge in [0.05, 0.1) is 15.4 Å². The van der Waals surface area contributed by atoms with Gasteiger partial charge < -0.3 is 5.73 Å². The molecular formula is C11H15ClN2O2S2. The molecule has 18 heavy (non-hydrogen) atoms. The van der Waals surface area contributed by atoms with Crippen molar-refractivity contribution in [3.63, 3.8) is 0 Å². The Morgan fingerprint density at radius 1 is 1.44 bits per heavy atom. The van der Waals surface area contributed by atoms with Crippen molar-refractivity contribution in [2.24, 2.45) is 5.73 Å². The molecular weight excluding hydrogens is 292 g/mol. The molecule has 3 N–H and O–H groups in total. The molecule has 1 aromatic carbocycles. The summed E-state index contributed by atoms with van der Waals surface area (Å²) in [7, 11) is -3.67. The minimum Gasteiger partial charge on any atom is -0.392 e. The zero-order valence-electron chi connectivity index (χ0n) is 10.1. The highest BCUT2D eigenvalue weighted by Crippen LogP contribution is 2.18. The quantitative estimate of drug-likeness (QED) is 0.817. The second-order valence-corrected chi connectivity index (χ2v) is 6.67. The minimum absolute atomic E-state index is 0.113. The number of rotatable bonds is 5. The predicted octanol–water partition coefficient (Wildman–Crippen LogP) is 2.07. The molecule has 1 aromatic rings. The Hall–Kier alpha value is -0.690. The van der Waals surface area contributed by atoms with Gasteiger partial charge in [-0.05, 0) is 37.6 Å². The highest BCUT2D eigenvalue weighted by Gasteiger charge is 2.31. The molecule has 0 saturated carbocycles. The summed E-state index contributed by atoms with van der Waals surface area (Å²) in [5, 5.41) is 0.474. The van der Waals surface area contributed by atoms with Crippen molar-refractivity contribution in [1.29, 1.82) is 0 Å². The van der Waals surface area contributed by atoms with E-state index < -0.39 is 15.6 Å². The third kappa shape index (κ3) is 3.41. The molecule has 0 aliphatic carbocycles. The van der Waals surface area contributed by atoms with Crippen molar-refractivity contribution in [3.8, 4) is 0 Å². The van der Waals surface area contributed by atoms with Crippen molar-refractivity contribution < 1.29 is 8.42 Å². The SMILES string of the molecule is CCC(C)(NS(=O)(=O)c1ccc(Cl)cc1)C(N)=S. The van der Waals surface area contributed by atoms with Crippen molar-refractivity contribution in [3.05, 3.63) is 29.3 Å². The molecule has 1 unspecified atom stereocenters. The summed E-state index contributed by atoms with van der Waals surface area (Å²) in [5.74, 6) is 0. The van der Waals surface area contributed by atoms with Crippen LogP contribution in [0.3, 0.4) is 0 Å². The molecule has 0 aliphatic heterocycles. The Morgan fingerprint density at radius 2 is 1.94 bits per heavy atom. The van der Waals surface area contributed by atoms with Crippen LogP contribution in [-0.2, 0) is 10.0 Å². The summed E-state index contributed by atoms with van der Waals surface area (Å²) in [4.78, 5) is 0.241. The van der Waals surface area contributed by atoms with E-state index in [0.717, 1.165) is 0 Å². The van der Waals surface area contributed by atoms with Gasteiger partial charge in [-0.3, -0.25) is 0 Å². The van der Waals surface area contributed by atoms with Crippen LogP contribution in [0, 0.1) is 0 Å². The minimum atomic E-state index is -3.67. The number of halogens is 1. The van der Waals surface area contributed by atoms with Gasteiger partial charge in [0.2, 0.25) is 10.0 Å². The van der Waals surface area contributed by atoms with Gasteiger partial charge in [-0.2, -0.15) is 4.72 Å². The fourth-order valence-corrected chi connectivity index (χ4v) is 3.11. The van der Waals surface area contributed by atoms with Crippen molar-refractivity contribution in [1.82, 2.24) is 4.72 Å². The van der Waals surface area contributed by atoms with Crippen LogP contribution >= 0.6 is 23.8 Å². The third-order valence-corrected chi connectivity index (χ3v) is 5.05. The molecule has 0 radical (unpaired) electrons. The van der Waals surface area contributed by atoms with Crippen molar-refractivity contribution in [2.45, 2.75) is 30.7 Å². The number of sulfonamides is 1. The largest absolute Gasteiger partial charge is 0.392 e. The number of hydrogen-bond donors (Lipinski definition) is 2. The molecule has 1 rings (SSSR count). The van der Waals surface area contributed by atoms with Crippen LogP contribution in [0.2, 0.25) is 5.02 Å². The first kappa shape index (κ1) is 15.4. The molecule has 0 saturated heterocycles. The van der Waals surface area contributed by atoms with Gasteiger partial charge in [0, 0.05) is 5.02 Å². The summed E-state index contributed by atoms with van der Waals surface area (Å²) in [6.45, 7) is 3.46. The normalized spacial score (nSPS) is 15.1. The monoisotopic (exact) mass is 306 g/mol. The van der Waals surface area contributed by atoms with E-state index in [0.29, 0.717) is 11.4 Å². The Labute approximate surface area is 118 Å². The number of nitrogens with two attached hydrogens (primary N) is 1. The number of benzene rings is 1. The zero-order valence-corrected chi connectivity index (χ0v) is 12.5. The highest BCUT2D eigenvalue weighted by molar-refractivity contribution is 7.89. The fraction of sp³-hybridized carbons (Fsp3) is 0.364. The van der Waals surface area contributed by atoms with Crippen LogP contribution in [-0.4, -0.2) is 18.9 Å². The van der Waals surface area contributed by atoms with Crippen LogP contribution in [0.15, 0.2) is 29.2 Å². The molecule has 0 fully saturated rings. The standard InChI is InChI=1S/C11H15ClN2O2S2/c1-3-11(2,10(13)17)14-18(15,16)9-6-4-8(12)5-7-9/h4-7,14H,3H2,1-2H3,(H2,13,17). The van der Waals surface area contributed by atoms with E-state index in [9.17, 15) is 8.42 Å². The van der Waals surface area contributed by atoms with E-state index in [2.05, 4.69) is 4.72 Å². The van der Waals surface area contributed by atoms with E-state index in [-0.39, 0.29) is 9.88 Å². The van der Waals surface area contributed by atoms with Gasteiger partial charge in [0.15, 0.2) is 0 Å². The number of hydrogen-bond acceptors (Lipinski definition) is 3. The van der Waals surface area contributed by atoms with E-state index in [1.54, 1.807) is 6.92 Å². The molecule has 0 aromatic heterocycles. The summed E-state index contributed by atoms with van der Waals surface area (Å²) >= 11 is 10.6. The lowest BCUT2D eigenvalue weighted by molar-refractivity contribution is 0.511. The maximum atomic E-state index is 12.2. The third-order valence-electron chi connectivity index (χ3n) is 2.73. The van der Waals surface area contributed by atoms with E-state index in [1.807, 2.05) is 6.92 Å². The molecule has 100 valence electrons. The predicted molar refractivity (Wildman–Crippen MR) is 77.3 cm³/mol. The second-order valence-electron chi connectivity index (χ2n) is 4.11. The zero-order chi connectivity index (χ0) is 14.0. The molecule has 1 atom stereocenters. The Morgan fingerprint density at radius 3 is 2.33 bits per heavy atom. The first-order valence-electron chi connectivity index (χ1n) is 5.31. The van der Waals surface area contributed by atoms with E-state index >= 15 is 0 Å². The van der Waals surface area contributed by atoms with Crippen LogP contribution in [0.25, 0.3) is 0 Å². The maximum absolute atomic E-state index is 12.2. The van der Waals surface area contributed by atoms with Gasteiger partial charge >= 0.3 is 0 Å². The first-order valence-corrected chi connectivity index (χ1v) is 7.57. The second kappa shape index (κ2) is 5.52. The molecule has 0 aliphatic rings. The summed E-state index contributed by atoms with van der Waals surface area (Å²) in [6, 6.07) is 5.89. The molecule has 0 heterocycles. The topological polar surface area (TPSA) is 72.2 Å². The number of nitrogens with one attached hydrogen (secondary N) is 1. The van der Waals surface area contributed by atoms with E-state index in [4.69, 9.17) is 29.6 Å². The van der Waals surface area contributed by atoms with Crippen LogP contribution in [0.5, 0.6) is 0 Å². The molecule has 7 heteroatoms. The Bertz CT molecular complexity index is 543. The summed E-state index contributed by atoms with van der Waals surface area (Å²) < 4.78 is 26.8. The number of thiocarbonyl (C=S) groups is 1. The molecule has 0 spiro atoms. The van der Waals surface area contributed by atoms with Gasteiger partial charge in [-0.15, -0.1) is 0 Å². The van der Waals surface area contributed by atoms with Gasteiger partial charge in [-0.25, -0.2) is 8.42 Å². The lowest BCUT2D eigenvalue weighted by atomic mass is 10.0. The Balaban J connectivity index is 3.09. The van der Waals surface area contributed by atoms with Gasteiger partial charge in [0.25, 0.3) is 0 Å². The smallest absolute Gasteiger partial charge is 0.241 e. The lowest BCUT2D eigenvalue weighted by Crippen LogP contribution is -2.53. The Kier molecular flexibility index (Phi) is 4.72. The summed E-state index contributed by atoms with van der Waals surface area (Å²) in [6.07, 6.45) is 0.467. The average Bonchev–Trinajstić information content (AvgIpc) is 2.28. The van der Waals surface area contributed by atoms with Crippen LogP contribution in [0.4, 0.5) is 0 Å². The summed E-state index contributed by atoms with van der Waals surface area (Å²) in [5.41, 5.74) is 4.64. The van der Waals surface area contributed by atoms with Crippen molar-refractivity contribution in [2.75, 3.05) is 0 Å². The average molecular weight is 307 g/mol. The van der Waals surface area contributed by atoms with Crippen molar-refractivity contribution >= 4 is 38.8 Å². The van der Waals surface area contributed by atoms with E-state index in [1.165, 1.54) is 24.3 Å². The highest BCUT2D eigenvalue weighted by atomic mass is 35.5. The van der Waals surface area contributed by atoms with Crippen LogP contribution < -0.4 is 10.5 Å². The van der Waals surface area contributed by atoms with Gasteiger partial charge in [-0.1, -0.05) is 30.7 Å². The molecule has 4 nitrogen and oxygen atoms in total. The fourth-order valence-electron chi connectivity index (χ4n) is 1.27.